The zero-order valence-electron chi connectivity index (χ0n) is 67.6. The van der Waals surface area contributed by atoms with Gasteiger partial charge in [0.25, 0.3) is 0 Å². The number of furan rings is 3. The number of aromatic nitrogens is 3. The molecule has 0 bridgehead atoms. The predicted molar refractivity (Wildman–Crippen MR) is 514 cm³/mol. The van der Waals surface area contributed by atoms with Gasteiger partial charge in [0.1, 0.15) is 33.5 Å². The van der Waals surface area contributed by atoms with Crippen molar-refractivity contribution in [2.24, 2.45) is 0 Å². The average Bonchev–Trinajstić information content (AvgIpc) is 1.12. The predicted octanol–water partition coefficient (Wildman–Crippen LogP) is 32.6. The molecule has 25 aromatic rings. The van der Waals surface area contributed by atoms with Crippen molar-refractivity contribution >= 4 is 163 Å². The van der Waals surface area contributed by atoms with Crippen LogP contribution in [0.3, 0.4) is 0 Å². The summed E-state index contributed by atoms with van der Waals surface area (Å²) in [4.78, 5) is 16.3. The molecule has 6 heteroatoms. The highest BCUT2D eigenvalue weighted by molar-refractivity contribution is 6.28. The quantitative estimate of drug-likeness (QED) is 0.148. The van der Waals surface area contributed by atoms with E-state index in [0.717, 1.165) is 166 Å². The van der Waals surface area contributed by atoms with Gasteiger partial charge >= 0.3 is 0 Å². The Morgan fingerprint density at radius 1 is 0.189 bits per heavy atom. The maximum Gasteiger partial charge on any atom is 0.143 e. The van der Waals surface area contributed by atoms with Crippen molar-refractivity contribution in [2.45, 2.75) is 33.1 Å². The summed E-state index contributed by atoms with van der Waals surface area (Å²) in [5.41, 5.74) is 26.1. The van der Waals surface area contributed by atoms with Gasteiger partial charge < -0.3 is 13.3 Å². The van der Waals surface area contributed by atoms with E-state index in [2.05, 4.69) is 386 Å². The normalized spacial score (nSPS) is 11.9. The number of hydrogen-bond donors (Lipinski definition) is 0. The van der Waals surface area contributed by atoms with Crippen LogP contribution in [0.25, 0.3) is 241 Å². The van der Waals surface area contributed by atoms with Gasteiger partial charge in [-0.3, -0.25) is 0 Å². The molecule has 6 heterocycles. The van der Waals surface area contributed by atoms with Gasteiger partial charge in [-0.2, -0.15) is 0 Å². The molecule has 0 aliphatic heterocycles. The van der Waals surface area contributed by atoms with Gasteiger partial charge in [-0.1, -0.05) is 360 Å². The molecular formula is C116H77N3O3. The van der Waals surface area contributed by atoms with Crippen LogP contribution in [0.15, 0.2) is 408 Å². The molecule has 0 saturated carbocycles. The SMILES string of the molecule is CC(C)(C)c1cc2c3ccccc3c3ccccc3c2nc1-c1cccc(-c2cccc3c2oc2ccccc23)c1.Cc1cc2c3ccccc3c3ccccc3c2nc1-c1cccc(-c2cccc3c2oc2ccccc23)c1.c1ccc(-c2cc3c4ccccc4c4ccccc4c3nc2-c2cccc(-c3cccc4c3oc3ccccc34)c2)cc1. The van der Waals surface area contributed by atoms with E-state index in [-0.39, 0.29) is 5.41 Å². The van der Waals surface area contributed by atoms with Crippen molar-refractivity contribution in [3.63, 3.8) is 0 Å². The molecule has 122 heavy (non-hydrogen) atoms. The van der Waals surface area contributed by atoms with Crippen LogP contribution in [0.1, 0.15) is 31.9 Å². The third-order valence-electron chi connectivity index (χ3n) is 24.8. The summed E-state index contributed by atoms with van der Waals surface area (Å²) in [6.45, 7) is 9.00. The van der Waals surface area contributed by atoms with Gasteiger partial charge in [0.05, 0.1) is 33.6 Å². The number of aryl methyl sites for hydroxylation is 1. The van der Waals surface area contributed by atoms with Gasteiger partial charge in [-0.05, 0) is 149 Å². The van der Waals surface area contributed by atoms with Crippen LogP contribution in [-0.4, -0.2) is 15.0 Å². The number of nitrogens with zero attached hydrogens (tertiary/aromatic N) is 3. The highest BCUT2D eigenvalue weighted by atomic mass is 16.3. The molecule has 0 amide bonds. The Bertz CT molecular complexity index is 8600. The van der Waals surface area contributed by atoms with Crippen LogP contribution >= 0.6 is 0 Å². The Morgan fingerprint density at radius 2 is 0.451 bits per heavy atom. The number of pyridine rings is 3. The molecule has 0 aliphatic rings. The number of rotatable bonds is 7. The molecule has 0 radical (unpaired) electrons. The van der Waals surface area contributed by atoms with Crippen molar-refractivity contribution < 1.29 is 13.3 Å². The lowest BCUT2D eigenvalue weighted by Crippen LogP contribution is -2.14. The van der Waals surface area contributed by atoms with Gasteiger partial charge in [-0.15, -0.1) is 0 Å². The molecule has 0 atom stereocenters. The molecule has 19 aromatic carbocycles. The maximum absolute atomic E-state index is 6.41. The molecule has 574 valence electrons. The number of benzene rings is 19. The third-order valence-corrected chi connectivity index (χ3v) is 24.8. The lowest BCUT2D eigenvalue weighted by Gasteiger charge is -2.24. The summed E-state index contributed by atoms with van der Waals surface area (Å²) < 4.78 is 19.1. The standard InChI is InChI=1S/C41H25NO.C39H29NO.C36H23NO/c1-2-12-26(13-3-1)36-25-37-32-18-5-4-16-30(32)31-17-6-7-20-34(31)40(37)42-39(36)28-15-10-14-27(24-28)29-21-11-22-35-33-19-8-9-23-38(33)43-41(29)35;1-39(2,3)34-23-33-29-16-5-4-14-27(29)28-15-6-7-18-31(28)37(33)40-36(34)25-13-10-12-24(22-25)26-19-11-20-32-30-17-8-9-21-35(30)41-38(26)32;1-22-20-32-28-14-3-2-12-26(28)27-13-4-5-16-30(27)35(32)37-34(22)24-11-8-10-23(21-24)25-17-9-18-31-29-15-6-7-19-33(29)38-36(25)31/h1-25H;4-23H,1-3H3;2-21H,1H3. The molecule has 0 unspecified atom stereocenters. The van der Waals surface area contributed by atoms with Crippen molar-refractivity contribution in [3.8, 4) is 78.3 Å². The van der Waals surface area contributed by atoms with E-state index < -0.39 is 0 Å². The molecule has 0 aliphatic carbocycles. The van der Waals surface area contributed by atoms with Crippen LogP contribution < -0.4 is 0 Å². The van der Waals surface area contributed by atoms with E-state index in [1.807, 2.05) is 36.4 Å². The molecule has 25 rings (SSSR count). The Kier molecular flexibility index (Phi) is 17.0. The first-order valence-corrected chi connectivity index (χ1v) is 41.9. The van der Waals surface area contributed by atoms with E-state index in [1.165, 1.54) is 86.4 Å². The monoisotopic (exact) mass is 1560 g/mol. The first kappa shape index (κ1) is 71.7. The molecular weight excluding hydrogens is 1480 g/mol. The summed E-state index contributed by atoms with van der Waals surface area (Å²) in [6, 6.07) is 140. The highest BCUT2D eigenvalue weighted by Crippen LogP contribution is 2.47. The van der Waals surface area contributed by atoms with Crippen LogP contribution in [0.5, 0.6) is 0 Å². The molecule has 0 fully saturated rings. The minimum Gasteiger partial charge on any atom is -0.455 e. The first-order valence-electron chi connectivity index (χ1n) is 41.9. The Morgan fingerprint density at radius 3 is 0.836 bits per heavy atom. The number of fused-ring (bicyclic) bond motifs is 27. The van der Waals surface area contributed by atoms with E-state index in [0.29, 0.717) is 0 Å². The molecule has 0 saturated heterocycles. The summed E-state index contributed by atoms with van der Waals surface area (Å²) in [6.07, 6.45) is 0. The lowest BCUT2D eigenvalue weighted by molar-refractivity contribution is 0.591. The second-order valence-corrected chi connectivity index (χ2v) is 33.1. The van der Waals surface area contributed by atoms with Crippen LogP contribution in [-0.2, 0) is 5.41 Å². The second-order valence-electron chi connectivity index (χ2n) is 33.1. The van der Waals surface area contributed by atoms with Gasteiger partial charge in [0.15, 0.2) is 0 Å². The van der Waals surface area contributed by atoms with Gasteiger partial charge in [0, 0.05) is 104 Å². The summed E-state index contributed by atoms with van der Waals surface area (Å²) in [5.74, 6) is 0. The number of hydrogen-bond acceptors (Lipinski definition) is 6. The first-order chi connectivity index (χ1) is 60.1. The molecule has 0 spiro atoms. The fraction of sp³-hybridized carbons (Fsp3) is 0.0431. The Balaban J connectivity index is 0.000000106. The summed E-state index contributed by atoms with van der Waals surface area (Å²) >= 11 is 0. The average molecular weight is 1560 g/mol. The maximum atomic E-state index is 6.41. The Labute approximate surface area is 703 Å². The van der Waals surface area contributed by atoms with Crippen molar-refractivity contribution in [3.05, 3.63) is 405 Å². The molecule has 6 nitrogen and oxygen atoms in total. The third kappa shape index (κ3) is 12.0. The van der Waals surface area contributed by atoms with Crippen LogP contribution in [0.2, 0.25) is 0 Å². The van der Waals surface area contributed by atoms with Crippen LogP contribution in [0, 0.1) is 6.92 Å². The smallest absolute Gasteiger partial charge is 0.143 e. The Hall–Kier alpha value is -15.6. The lowest BCUT2D eigenvalue weighted by atomic mass is 9.82. The second kappa shape index (κ2) is 28.9. The number of para-hydroxylation sites is 6. The summed E-state index contributed by atoms with van der Waals surface area (Å²) in [5, 5.41) is 25.1. The van der Waals surface area contributed by atoms with E-state index in [1.54, 1.807) is 0 Å². The summed E-state index contributed by atoms with van der Waals surface area (Å²) in [7, 11) is 0. The zero-order chi connectivity index (χ0) is 81.3. The van der Waals surface area contributed by atoms with Gasteiger partial charge in [-0.25, -0.2) is 15.0 Å². The topological polar surface area (TPSA) is 78.1 Å². The van der Waals surface area contributed by atoms with Crippen LogP contribution in [0.4, 0.5) is 0 Å². The van der Waals surface area contributed by atoms with Crippen molar-refractivity contribution in [1.29, 1.82) is 0 Å². The minimum atomic E-state index is -0.0992. The van der Waals surface area contributed by atoms with E-state index >= 15 is 0 Å². The molecule has 0 N–H and O–H groups in total. The van der Waals surface area contributed by atoms with Crippen molar-refractivity contribution in [2.75, 3.05) is 0 Å². The van der Waals surface area contributed by atoms with E-state index in [4.69, 9.17) is 28.2 Å². The van der Waals surface area contributed by atoms with Gasteiger partial charge in [0.2, 0.25) is 0 Å². The van der Waals surface area contributed by atoms with Crippen molar-refractivity contribution in [1.82, 2.24) is 15.0 Å². The zero-order valence-corrected chi connectivity index (χ0v) is 67.6. The largest absolute Gasteiger partial charge is 0.455 e. The fourth-order valence-electron chi connectivity index (χ4n) is 19.1. The highest BCUT2D eigenvalue weighted by Gasteiger charge is 2.26. The fourth-order valence-corrected chi connectivity index (χ4v) is 19.1. The molecule has 6 aromatic heterocycles. The van der Waals surface area contributed by atoms with E-state index in [9.17, 15) is 0 Å². The minimum absolute atomic E-state index is 0.0992.